The Hall–Kier alpha value is -1.55. The second kappa shape index (κ2) is 8.22. The molecule has 130 valence electrons. The van der Waals surface area contributed by atoms with E-state index in [4.69, 9.17) is 4.74 Å². The zero-order valence-corrected chi connectivity index (χ0v) is 15.5. The Bertz CT molecular complexity index is 763. The number of nitrogens with zero attached hydrogens (tertiary/aromatic N) is 3. The molecule has 7 heteroatoms. The smallest absolute Gasteiger partial charge is 0.213 e. The number of pyridine rings is 2. The third-order valence-electron chi connectivity index (χ3n) is 4.87. The molecule has 1 aliphatic rings. The van der Waals surface area contributed by atoms with Crippen molar-refractivity contribution >= 4 is 33.1 Å². The fourth-order valence-electron chi connectivity index (χ4n) is 3.34. The summed E-state index contributed by atoms with van der Waals surface area (Å²) in [7, 11) is 1.54. The average molecular weight is 357 g/mol. The first-order valence-corrected chi connectivity index (χ1v) is 9.37. The van der Waals surface area contributed by atoms with Crippen LogP contribution in [0.25, 0.3) is 11.0 Å². The molecule has 25 heavy (non-hydrogen) atoms. The Kier molecular flexibility index (Phi) is 6.00. The average Bonchev–Trinajstić information content (AvgIpc) is 2.66. The van der Waals surface area contributed by atoms with E-state index in [1.54, 1.807) is 19.2 Å². The van der Waals surface area contributed by atoms with E-state index in [2.05, 4.69) is 31.2 Å². The number of piperidine rings is 1. The normalized spacial score (nSPS) is 16.2. The Labute approximate surface area is 155 Å². The van der Waals surface area contributed by atoms with Crippen molar-refractivity contribution in [2.75, 3.05) is 26.7 Å². The fourth-order valence-corrected chi connectivity index (χ4v) is 3.68. The highest BCUT2D eigenvalue weighted by atomic mass is 27.0. The Morgan fingerprint density at radius 2 is 2.16 bits per heavy atom. The van der Waals surface area contributed by atoms with Crippen LogP contribution in [0.15, 0.2) is 18.3 Å². The highest BCUT2D eigenvalue weighted by Gasteiger charge is 2.23. The predicted molar refractivity (Wildman–Crippen MR) is 94.5 cm³/mol. The third-order valence-corrected chi connectivity index (χ3v) is 5.27. The van der Waals surface area contributed by atoms with Gasteiger partial charge in [0.15, 0.2) is 0 Å². The number of methoxy groups -OCH3 is 1. The zero-order valence-electron chi connectivity index (χ0n) is 14.4. The number of ether oxygens (including phenoxy) is 1. The van der Waals surface area contributed by atoms with E-state index >= 15 is 0 Å². The Morgan fingerprint density at radius 3 is 2.84 bits per heavy atom. The van der Waals surface area contributed by atoms with Crippen LogP contribution < -0.4 is 4.74 Å². The number of carbonyl (C=O) groups is 1. The van der Waals surface area contributed by atoms with Crippen LogP contribution in [0.2, 0.25) is 5.28 Å². The number of hydrogen-bond acceptors (Lipinski definition) is 5. The molecule has 2 radical (unpaired) electrons. The van der Waals surface area contributed by atoms with E-state index in [1.165, 1.54) is 6.20 Å². The van der Waals surface area contributed by atoms with Gasteiger partial charge in [-0.05, 0) is 38.4 Å². The SMILES string of the molecule is COc1ccc2ncc(F)c(CCN3CCC(C(=O)[CH2][Al])CC3)c2n1. The number of fused-ring (bicyclic) bond motifs is 1. The van der Waals surface area contributed by atoms with E-state index in [0.29, 0.717) is 40.0 Å². The topological polar surface area (TPSA) is 55.3 Å². The molecule has 3 rings (SSSR count). The lowest BCUT2D eigenvalue weighted by Crippen LogP contribution is -2.37. The van der Waals surface area contributed by atoms with Crippen LogP contribution in [0.4, 0.5) is 4.39 Å². The molecule has 0 atom stereocenters. The van der Waals surface area contributed by atoms with Crippen molar-refractivity contribution in [3.63, 3.8) is 0 Å². The maximum absolute atomic E-state index is 14.3. The number of rotatable bonds is 6. The van der Waals surface area contributed by atoms with E-state index in [0.717, 1.165) is 32.5 Å². The van der Waals surface area contributed by atoms with Gasteiger partial charge in [-0.3, -0.25) is 4.98 Å². The van der Waals surface area contributed by atoms with Crippen LogP contribution in [0.1, 0.15) is 18.4 Å². The van der Waals surface area contributed by atoms with Gasteiger partial charge >= 0.3 is 0 Å². The molecule has 0 N–H and O–H groups in total. The summed E-state index contributed by atoms with van der Waals surface area (Å²) in [4.78, 5) is 22.6. The van der Waals surface area contributed by atoms with Crippen molar-refractivity contribution in [3.05, 3.63) is 29.7 Å². The fraction of sp³-hybridized carbons (Fsp3) is 0.500. The van der Waals surface area contributed by atoms with Crippen LogP contribution >= 0.6 is 0 Å². The highest BCUT2D eigenvalue weighted by Crippen LogP contribution is 2.23. The number of halogens is 1. The maximum Gasteiger partial charge on any atom is 0.213 e. The number of ketones is 1. The third kappa shape index (κ3) is 4.17. The first kappa shape index (κ1) is 18.2. The highest BCUT2D eigenvalue weighted by molar-refractivity contribution is 6.20. The van der Waals surface area contributed by atoms with Crippen molar-refractivity contribution in [2.24, 2.45) is 5.92 Å². The predicted octanol–water partition coefficient (Wildman–Crippen LogP) is 2.19. The molecule has 5 nitrogen and oxygen atoms in total. The van der Waals surface area contributed by atoms with Crippen molar-refractivity contribution in [1.82, 2.24) is 14.9 Å². The number of carbonyl (C=O) groups excluding carboxylic acids is 1. The molecule has 2 aromatic rings. The summed E-state index contributed by atoms with van der Waals surface area (Å²) in [5, 5.41) is 0.534. The van der Waals surface area contributed by atoms with Crippen LogP contribution in [-0.4, -0.2) is 63.7 Å². The van der Waals surface area contributed by atoms with Gasteiger partial charge in [-0.1, -0.05) is 5.28 Å². The van der Waals surface area contributed by atoms with Crippen molar-refractivity contribution < 1.29 is 13.9 Å². The molecule has 1 aliphatic heterocycles. The van der Waals surface area contributed by atoms with Gasteiger partial charge in [0, 0.05) is 24.1 Å². The standard InChI is InChI=1S/C18H21FN3O2.Al/c1-12(23)13-5-8-22(9-6-13)10-7-14-15(19)11-20-16-3-4-17(24-2)21-18(14)16;/h3-4,11,13H,1,5-10H2,2H3;. The lowest BCUT2D eigenvalue weighted by molar-refractivity contribution is -0.122. The molecular formula is C18H21AlFN3O2. The summed E-state index contributed by atoms with van der Waals surface area (Å²) in [5.41, 5.74) is 1.81. The van der Waals surface area contributed by atoms with E-state index < -0.39 is 0 Å². The van der Waals surface area contributed by atoms with Crippen molar-refractivity contribution in [3.8, 4) is 5.88 Å². The van der Waals surface area contributed by atoms with Crippen LogP contribution in [0, 0.1) is 11.7 Å². The molecule has 0 aliphatic carbocycles. The maximum atomic E-state index is 14.3. The van der Waals surface area contributed by atoms with E-state index in [-0.39, 0.29) is 11.7 Å². The molecule has 0 bridgehead atoms. The number of hydrogen-bond donors (Lipinski definition) is 0. The summed E-state index contributed by atoms with van der Waals surface area (Å²) in [6.45, 7) is 2.50. The molecule has 0 amide bonds. The second-order valence-corrected chi connectivity index (χ2v) is 6.75. The summed E-state index contributed by atoms with van der Waals surface area (Å²) in [5.74, 6) is 0.629. The number of likely N-dealkylation sites (tertiary alicyclic amines) is 1. The number of aromatic nitrogens is 2. The second-order valence-electron chi connectivity index (χ2n) is 6.34. The molecule has 3 heterocycles. The van der Waals surface area contributed by atoms with Gasteiger partial charge in [0.2, 0.25) is 5.88 Å². The van der Waals surface area contributed by atoms with Gasteiger partial charge in [-0.25, -0.2) is 9.37 Å². The minimum atomic E-state index is -0.332. The van der Waals surface area contributed by atoms with Gasteiger partial charge in [0.25, 0.3) is 0 Å². The minimum Gasteiger partial charge on any atom is -0.481 e. The van der Waals surface area contributed by atoms with Crippen LogP contribution in [0.5, 0.6) is 5.88 Å². The summed E-state index contributed by atoms with van der Waals surface area (Å²) >= 11 is 2.51. The zero-order chi connectivity index (χ0) is 17.8. The first-order chi connectivity index (χ1) is 12.1. The molecule has 1 saturated heterocycles. The van der Waals surface area contributed by atoms with E-state index in [9.17, 15) is 9.18 Å². The Balaban J connectivity index is 1.69. The van der Waals surface area contributed by atoms with Gasteiger partial charge in [-0.15, -0.1) is 0 Å². The molecular weight excluding hydrogens is 336 g/mol. The molecule has 1 fully saturated rings. The van der Waals surface area contributed by atoms with Gasteiger partial charge in [-0.2, -0.15) is 0 Å². The molecule has 2 aromatic heterocycles. The summed E-state index contributed by atoms with van der Waals surface area (Å²) in [6, 6.07) is 3.52. The molecule has 0 aromatic carbocycles. The first-order valence-electron chi connectivity index (χ1n) is 8.55. The quantitative estimate of drug-likeness (QED) is 0.742. The monoisotopic (exact) mass is 357 g/mol. The van der Waals surface area contributed by atoms with Crippen molar-refractivity contribution in [2.45, 2.75) is 24.5 Å². The Morgan fingerprint density at radius 1 is 1.40 bits per heavy atom. The largest absolute Gasteiger partial charge is 0.481 e. The summed E-state index contributed by atoms with van der Waals surface area (Å²) in [6.07, 6.45) is 3.60. The minimum absolute atomic E-state index is 0.179. The summed E-state index contributed by atoms with van der Waals surface area (Å²) < 4.78 is 19.5. The molecule has 0 spiro atoms. The van der Waals surface area contributed by atoms with E-state index in [1.807, 2.05) is 0 Å². The van der Waals surface area contributed by atoms with Crippen LogP contribution in [-0.2, 0) is 11.2 Å². The lowest BCUT2D eigenvalue weighted by atomic mass is 9.93. The molecule has 0 unspecified atom stereocenters. The van der Waals surface area contributed by atoms with Gasteiger partial charge in [0.05, 0.1) is 24.3 Å². The van der Waals surface area contributed by atoms with Gasteiger partial charge in [0.1, 0.15) is 27.9 Å². The van der Waals surface area contributed by atoms with Crippen molar-refractivity contribution in [1.29, 1.82) is 0 Å². The van der Waals surface area contributed by atoms with Gasteiger partial charge < -0.3 is 14.4 Å². The van der Waals surface area contributed by atoms with Crippen LogP contribution in [0.3, 0.4) is 0 Å². The lowest BCUT2D eigenvalue weighted by Gasteiger charge is -2.31. The molecule has 0 saturated carbocycles. The number of Topliss-reactive ketones (excluding diaryl/α,β-unsaturated/α-hetero) is 1.